The molecule has 0 N–H and O–H groups in total. The molecular formula is C9H16N2O5S. The van der Waals surface area contributed by atoms with Crippen molar-refractivity contribution in [3.05, 3.63) is 0 Å². The molecule has 0 bridgehead atoms. The highest BCUT2D eigenvalue weighted by atomic mass is 32.2. The summed E-state index contributed by atoms with van der Waals surface area (Å²) in [6, 6.07) is 0. The van der Waals surface area contributed by atoms with Gasteiger partial charge in [-0.2, -0.15) is 4.31 Å². The van der Waals surface area contributed by atoms with Crippen molar-refractivity contribution in [1.29, 1.82) is 0 Å². The summed E-state index contributed by atoms with van der Waals surface area (Å²) in [6.07, 6.45) is 0.575. The van der Waals surface area contributed by atoms with E-state index in [-0.39, 0.29) is 6.61 Å². The van der Waals surface area contributed by atoms with Crippen molar-refractivity contribution in [2.45, 2.75) is 5.37 Å². The first-order chi connectivity index (χ1) is 8.16. The first-order valence-corrected chi connectivity index (χ1v) is 7.02. The van der Waals surface area contributed by atoms with Gasteiger partial charge >= 0.3 is 0 Å². The third-order valence-electron chi connectivity index (χ3n) is 2.93. The van der Waals surface area contributed by atoms with Gasteiger partial charge in [0.2, 0.25) is 16.4 Å². The number of nitrogens with zero attached hydrogens (tertiary/aromatic N) is 2. The third kappa shape index (κ3) is 2.59. The minimum atomic E-state index is -3.52. The molecule has 2 aliphatic rings. The van der Waals surface area contributed by atoms with Gasteiger partial charge in [-0.25, -0.2) is 8.42 Å². The molecule has 1 amide bonds. The van der Waals surface area contributed by atoms with E-state index in [1.165, 1.54) is 9.21 Å². The van der Waals surface area contributed by atoms with E-state index >= 15 is 0 Å². The molecule has 0 aromatic carbocycles. The summed E-state index contributed by atoms with van der Waals surface area (Å²) >= 11 is 0. The molecule has 0 aromatic rings. The summed E-state index contributed by atoms with van der Waals surface area (Å²) in [6.45, 7) is 2.21. The first kappa shape index (κ1) is 12.7. The summed E-state index contributed by atoms with van der Waals surface area (Å²) in [5, 5.41) is -0.896. The molecule has 0 radical (unpaired) electrons. The molecule has 2 heterocycles. The molecule has 2 saturated heterocycles. The van der Waals surface area contributed by atoms with Crippen molar-refractivity contribution in [1.82, 2.24) is 9.21 Å². The van der Waals surface area contributed by atoms with Crippen LogP contribution < -0.4 is 0 Å². The zero-order valence-electron chi connectivity index (χ0n) is 9.45. The number of morpholine rings is 2. The normalized spacial score (nSPS) is 28.0. The Labute approximate surface area is 100 Å². The SMILES string of the molecule is O=CN1CCOCC1S(=O)(=O)N1CCOCC1. The van der Waals surface area contributed by atoms with Crippen molar-refractivity contribution in [2.24, 2.45) is 0 Å². The Morgan fingerprint density at radius 2 is 1.71 bits per heavy atom. The molecule has 1 unspecified atom stereocenters. The standard InChI is InChI=1S/C9H16N2O5S/c12-8-10-1-4-16-7-9(10)17(13,14)11-2-5-15-6-3-11/h8-9H,1-7H2. The Bertz CT molecular complexity index is 366. The van der Waals surface area contributed by atoms with E-state index in [4.69, 9.17) is 9.47 Å². The van der Waals surface area contributed by atoms with E-state index < -0.39 is 15.4 Å². The van der Waals surface area contributed by atoms with Crippen LogP contribution in [0, 0.1) is 0 Å². The maximum absolute atomic E-state index is 12.3. The average molecular weight is 264 g/mol. The van der Waals surface area contributed by atoms with E-state index in [2.05, 4.69) is 0 Å². The number of carbonyl (C=O) groups excluding carboxylic acids is 1. The number of amides is 1. The fraction of sp³-hybridized carbons (Fsp3) is 0.889. The van der Waals surface area contributed by atoms with Gasteiger partial charge in [0.1, 0.15) is 0 Å². The van der Waals surface area contributed by atoms with Gasteiger partial charge in [-0.3, -0.25) is 4.79 Å². The van der Waals surface area contributed by atoms with Crippen LogP contribution in [-0.4, -0.2) is 75.5 Å². The molecule has 2 aliphatic heterocycles. The summed E-state index contributed by atoms with van der Waals surface area (Å²) in [5.74, 6) is 0. The van der Waals surface area contributed by atoms with Crippen LogP contribution in [-0.2, 0) is 24.3 Å². The van der Waals surface area contributed by atoms with E-state index in [1.807, 2.05) is 0 Å². The molecule has 2 fully saturated rings. The van der Waals surface area contributed by atoms with Crippen LogP contribution in [0.3, 0.4) is 0 Å². The molecule has 7 nitrogen and oxygen atoms in total. The fourth-order valence-electron chi connectivity index (χ4n) is 1.94. The van der Waals surface area contributed by atoms with Crippen LogP contribution in [0.2, 0.25) is 0 Å². The van der Waals surface area contributed by atoms with Crippen LogP contribution in [0.5, 0.6) is 0 Å². The molecule has 17 heavy (non-hydrogen) atoms. The van der Waals surface area contributed by atoms with Gasteiger partial charge in [0, 0.05) is 19.6 Å². The second-order valence-electron chi connectivity index (χ2n) is 3.93. The van der Waals surface area contributed by atoms with Gasteiger partial charge in [0.25, 0.3) is 0 Å². The zero-order chi connectivity index (χ0) is 12.3. The molecule has 0 aliphatic carbocycles. The lowest BCUT2D eigenvalue weighted by molar-refractivity contribution is -0.123. The lowest BCUT2D eigenvalue weighted by atomic mass is 10.5. The Hall–Kier alpha value is -0.700. The van der Waals surface area contributed by atoms with Gasteiger partial charge in [-0.15, -0.1) is 0 Å². The highest BCUT2D eigenvalue weighted by molar-refractivity contribution is 7.89. The van der Waals surface area contributed by atoms with E-state index in [0.29, 0.717) is 45.9 Å². The predicted octanol–water partition coefficient (Wildman–Crippen LogP) is -1.54. The molecular weight excluding hydrogens is 248 g/mol. The van der Waals surface area contributed by atoms with Gasteiger partial charge in [-0.1, -0.05) is 0 Å². The van der Waals surface area contributed by atoms with Gasteiger partial charge in [0.05, 0.1) is 26.4 Å². The summed E-state index contributed by atoms with van der Waals surface area (Å²) in [4.78, 5) is 12.1. The second-order valence-corrected chi connectivity index (χ2v) is 6.02. The number of carbonyl (C=O) groups is 1. The highest BCUT2D eigenvalue weighted by Gasteiger charge is 2.38. The fourth-order valence-corrected chi connectivity index (χ4v) is 3.71. The average Bonchev–Trinajstić information content (AvgIpc) is 2.39. The van der Waals surface area contributed by atoms with Crippen molar-refractivity contribution >= 4 is 16.4 Å². The number of sulfonamides is 1. The number of hydrogen-bond donors (Lipinski definition) is 0. The molecule has 8 heteroatoms. The second kappa shape index (κ2) is 5.30. The lowest BCUT2D eigenvalue weighted by Gasteiger charge is -2.36. The van der Waals surface area contributed by atoms with Gasteiger partial charge in [-0.05, 0) is 0 Å². The van der Waals surface area contributed by atoms with Crippen molar-refractivity contribution < 1.29 is 22.7 Å². The first-order valence-electron chi connectivity index (χ1n) is 5.52. The largest absolute Gasteiger partial charge is 0.379 e. The molecule has 0 saturated carbocycles. The Balaban J connectivity index is 2.14. The van der Waals surface area contributed by atoms with Crippen molar-refractivity contribution in [2.75, 3.05) is 46.1 Å². The summed E-state index contributed by atoms with van der Waals surface area (Å²) in [7, 11) is -3.52. The molecule has 98 valence electrons. The number of ether oxygens (including phenoxy) is 2. The molecule has 1 atom stereocenters. The Kier molecular flexibility index (Phi) is 3.97. The van der Waals surface area contributed by atoms with Crippen molar-refractivity contribution in [3.8, 4) is 0 Å². The molecule has 2 rings (SSSR count). The molecule has 0 aromatic heterocycles. The van der Waals surface area contributed by atoms with E-state index in [1.54, 1.807) is 0 Å². The maximum Gasteiger partial charge on any atom is 0.237 e. The van der Waals surface area contributed by atoms with E-state index in [0.717, 1.165) is 0 Å². The number of rotatable bonds is 3. The third-order valence-corrected chi connectivity index (χ3v) is 5.11. The Morgan fingerprint density at radius 1 is 1.06 bits per heavy atom. The maximum atomic E-state index is 12.3. The highest BCUT2D eigenvalue weighted by Crippen LogP contribution is 2.17. The monoisotopic (exact) mass is 264 g/mol. The van der Waals surface area contributed by atoms with Crippen LogP contribution >= 0.6 is 0 Å². The van der Waals surface area contributed by atoms with Crippen LogP contribution in [0.1, 0.15) is 0 Å². The predicted molar refractivity (Wildman–Crippen MR) is 58.7 cm³/mol. The summed E-state index contributed by atoms with van der Waals surface area (Å²) < 4.78 is 36.2. The van der Waals surface area contributed by atoms with Crippen LogP contribution in [0.15, 0.2) is 0 Å². The smallest absolute Gasteiger partial charge is 0.237 e. The zero-order valence-corrected chi connectivity index (χ0v) is 10.3. The quantitative estimate of drug-likeness (QED) is 0.578. The van der Waals surface area contributed by atoms with Gasteiger partial charge < -0.3 is 14.4 Å². The van der Waals surface area contributed by atoms with Crippen molar-refractivity contribution in [3.63, 3.8) is 0 Å². The Morgan fingerprint density at radius 3 is 2.35 bits per heavy atom. The molecule has 0 spiro atoms. The minimum Gasteiger partial charge on any atom is -0.379 e. The van der Waals surface area contributed by atoms with Gasteiger partial charge in [0.15, 0.2) is 5.37 Å². The topological polar surface area (TPSA) is 76.2 Å². The van der Waals surface area contributed by atoms with Crippen LogP contribution in [0.4, 0.5) is 0 Å². The minimum absolute atomic E-state index is 0.0401. The van der Waals surface area contributed by atoms with Crippen LogP contribution in [0.25, 0.3) is 0 Å². The number of hydrogen-bond acceptors (Lipinski definition) is 5. The van der Waals surface area contributed by atoms with E-state index in [9.17, 15) is 13.2 Å². The summed E-state index contributed by atoms with van der Waals surface area (Å²) in [5.41, 5.74) is 0. The lowest BCUT2D eigenvalue weighted by Crippen LogP contribution is -2.55.